The van der Waals surface area contributed by atoms with Crippen molar-refractivity contribution in [2.45, 2.75) is 30.8 Å². The van der Waals surface area contributed by atoms with Crippen LogP contribution in [0.15, 0.2) is 54.4 Å². The molecule has 3 heterocycles. The summed E-state index contributed by atoms with van der Waals surface area (Å²) >= 11 is 0. The molecule has 0 aliphatic carbocycles. The van der Waals surface area contributed by atoms with Gasteiger partial charge in [0.2, 0.25) is 0 Å². The van der Waals surface area contributed by atoms with Gasteiger partial charge in [0.1, 0.15) is 5.82 Å². The van der Waals surface area contributed by atoms with Gasteiger partial charge in [0.05, 0.1) is 23.4 Å². The van der Waals surface area contributed by atoms with Crippen LogP contribution >= 0.6 is 0 Å². The summed E-state index contributed by atoms with van der Waals surface area (Å²) in [5.41, 5.74) is 3.48. The van der Waals surface area contributed by atoms with Crippen LogP contribution in [0.2, 0.25) is 0 Å². The van der Waals surface area contributed by atoms with Crippen LogP contribution in [0.3, 0.4) is 0 Å². The number of anilines is 1. The third kappa shape index (κ3) is 4.57. The van der Waals surface area contributed by atoms with Crippen LogP contribution in [0.1, 0.15) is 41.5 Å². The van der Waals surface area contributed by atoms with E-state index >= 15 is 0 Å². The van der Waals surface area contributed by atoms with Crippen LogP contribution in [0.25, 0.3) is 0 Å². The van der Waals surface area contributed by atoms with Crippen LogP contribution < -0.4 is 10.2 Å². The van der Waals surface area contributed by atoms with Crippen molar-refractivity contribution in [3.05, 3.63) is 71.1 Å². The SMILES string of the molecule is CNC1CCN(C2=CC(c3ccc(C#N)cc3)C(c3ccc(N(C)C)nc3)N(C)C2=O)CC1. The number of pyridine rings is 1. The zero-order valence-corrected chi connectivity index (χ0v) is 19.8. The van der Waals surface area contributed by atoms with Crippen molar-refractivity contribution in [1.82, 2.24) is 20.1 Å². The second kappa shape index (κ2) is 9.63. The van der Waals surface area contributed by atoms with Gasteiger partial charge in [0, 0.05) is 52.4 Å². The maximum atomic E-state index is 13.5. The van der Waals surface area contributed by atoms with Gasteiger partial charge in [-0.1, -0.05) is 18.2 Å². The number of rotatable bonds is 5. The van der Waals surface area contributed by atoms with Crippen LogP contribution in [0, 0.1) is 11.3 Å². The molecule has 2 unspecified atom stereocenters. The van der Waals surface area contributed by atoms with E-state index < -0.39 is 0 Å². The molecule has 0 radical (unpaired) electrons. The number of aromatic nitrogens is 1. The molecule has 0 saturated carbocycles. The van der Waals surface area contributed by atoms with Gasteiger partial charge in [-0.05, 0) is 55.3 Å². The molecular formula is C26H32N6O. The molecule has 1 saturated heterocycles. The minimum Gasteiger partial charge on any atom is -0.367 e. The molecule has 7 heteroatoms. The van der Waals surface area contributed by atoms with Gasteiger partial charge in [-0.25, -0.2) is 4.98 Å². The molecule has 172 valence electrons. The second-order valence-electron chi connectivity index (χ2n) is 9.07. The molecular weight excluding hydrogens is 412 g/mol. The first-order chi connectivity index (χ1) is 15.9. The Hall–Kier alpha value is -3.37. The number of benzene rings is 1. The van der Waals surface area contributed by atoms with E-state index in [0.29, 0.717) is 11.6 Å². The summed E-state index contributed by atoms with van der Waals surface area (Å²) in [6, 6.07) is 14.3. The topological polar surface area (TPSA) is 75.5 Å². The Balaban J connectivity index is 1.74. The molecule has 2 aromatic rings. The highest BCUT2D eigenvalue weighted by Gasteiger charge is 2.38. The van der Waals surface area contributed by atoms with Crippen molar-refractivity contribution in [2.75, 3.05) is 46.2 Å². The van der Waals surface area contributed by atoms with E-state index in [9.17, 15) is 10.1 Å². The van der Waals surface area contributed by atoms with Gasteiger partial charge in [0.15, 0.2) is 0 Å². The van der Waals surface area contributed by atoms with Gasteiger partial charge < -0.3 is 20.0 Å². The van der Waals surface area contributed by atoms with Crippen LogP contribution in [-0.4, -0.2) is 68.0 Å². The highest BCUT2D eigenvalue weighted by Crippen LogP contribution is 2.42. The quantitative estimate of drug-likeness (QED) is 0.764. The fraction of sp³-hybridized carbons (Fsp3) is 0.423. The fourth-order valence-corrected chi connectivity index (χ4v) is 4.86. The number of likely N-dealkylation sites (N-methyl/N-ethyl adjacent to an activating group) is 1. The molecule has 33 heavy (non-hydrogen) atoms. The number of hydrogen-bond acceptors (Lipinski definition) is 6. The molecule has 2 atom stereocenters. The lowest BCUT2D eigenvalue weighted by Crippen LogP contribution is -2.47. The number of amides is 1. The van der Waals surface area contributed by atoms with Crippen molar-refractivity contribution in [3.8, 4) is 6.07 Å². The summed E-state index contributed by atoms with van der Waals surface area (Å²) in [5.74, 6) is 0.885. The van der Waals surface area contributed by atoms with Crippen LogP contribution in [0.5, 0.6) is 0 Å². The van der Waals surface area contributed by atoms with Crippen molar-refractivity contribution in [2.24, 2.45) is 0 Å². The van der Waals surface area contributed by atoms with Crippen molar-refractivity contribution in [1.29, 1.82) is 5.26 Å². The maximum absolute atomic E-state index is 13.5. The summed E-state index contributed by atoms with van der Waals surface area (Å²) < 4.78 is 0. The number of nitriles is 1. The fourth-order valence-electron chi connectivity index (χ4n) is 4.86. The first kappa shape index (κ1) is 22.8. The lowest BCUT2D eigenvalue weighted by Gasteiger charge is -2.43. The number of carbonyl (C=O) groups excluding carboxylic acids is 1. The van der Waals surface area contributed by atoms with E-state index in [1.54, 1.807) is 0 Å². The number of hydrogen-bond donors (Lipinski definition) is 1. The van der Waals surface area contributed by atoms with Crippen LogP contribution in [-0.2, 0) is 4.79 Å². The minimum absolute atomic E-state index is 0.0375. The largest absolute Gasteiger partial charge is 0.367 e. The van der Waals surface area contributed by atoms with E-state index in [4.69, 9.17) is 0 Å². The summed E-state index contributed by atoms with van der Waals surface area (Å²) in [5, 5.41) is 12.6. The summed E-state index contributed by atoms with van der Waals surface area (Å²) in [7, 11) is 7.81. The van der Waals surface area contributed by atoms with Gasteiger partial charge in [-0.2, -0.15) is 5.26 Å². The Labute approximate surface area is 196 Å². The minimum atomic E-state index is -0.173. The molecule has 1 aromatic carbocycles. The second-order valence-corrected chi connectivity index (χ2v) is 9.07. The third-order valence-corrected chi connectivity index (χ3v) is 6.87. The average molecular weight is 445 g/mol. The molecule has 7 nitrogen and oxygen atoms in total. The van der Waals surface area contributed by atoms with E-state index in [0.717, 1.165) is 48.6 Å². The molecule has 0 bridgehead atoms. The monoisotopic (exact) mass is 444 g/mol. The molecule has 2 aliphatic heterocycles. The molecule has 1 amide bonds. The zero-order valence-electron chi connectivity index (χ0n) is 19.8. The van der Waals surface area contributed by atoms with Gasteiger partial charge >= 0.3 is 0 Å². The molecule has 1 aromatic heterocycles. The standard InChI is InChI=1S/C26H32N6O/c1-28-21-11-13-32(14-12-21)23-15-22(19-7-5-18(16-27)6-8-19)25(31(4)26(23)33)20-9-10-24(29-17-20)30(2)3/h5-10,15,17,21-22,25,28H,11-14H2,1-4H3. The summed E-state index contributed by atoms with van der Waals surface area (Å²) in [6.45, 7) is 1.72. The Morgan fingerprint density at radius 2 is 1.76 bits per heavy atom. The number of piperidine rings is 1. The summed E-state index contributed by atoms with van der Waals surface area (Å²) in [4.78, 5) is 24.2. The van der Waals surface area contributed by atoms with Gasteiger partial charge in [-0.3, -0.25) is 4.79 Å². The number of nitrogens with zero attached hydrogens (tertiary/aromatic N) is 5. The first-order valence-electron chi connectivity index (χ1n) is 11.5. The van der Waals surface area contributed by atoms with E-state index in [1.807, 2.05) is 74.5 Å². The van der Waals surface area contributed by atoms with Gasteiger partial charge in [0.25, 0.3) is 5.91 Å². The smallest absolute Gasteiger partial charge is 0.270 e. The highest BCUT2D eigenvalue weighted by atomic mass is 16.2. The predicted molar refractivity (Wildman–Crippen MR) is 130 cm³/mol. The lowest BCUT2D eigenvalue weighted by atomic mass is 9.82. The average Bonchev–Trinajstić information content (AvgIpc) is 2.86. The van der Waals surface area contributed by atoms with E-state index in [2.05, 4.69) is 33.4 Å². The first-order valence-corrected chi connectivity index (χ1v) is 11.5. The Bertz CT molecular complexity index is 1050. The Morgan fingerprint density at radius 1 is 1.09 bits per heavy atom. The molecule has 4 rings (SSSR count). The molecule has 0 spiro atoms. The van der Waals surface area contributed by atoms with Crippen LogP contribution in [0.4, 0.5) is 5.82 Å². The maximum Gasteiger partial charge on any atom is 0.270 e. The van der Waals surface area contributed by atoms with Crippen molar-refractivity contribution >= 4 is 11.7 Å². The number of nitrogens with one attached hydrogen (secondary N) is 1. The predicted octanol–water partition coefficient (Wildman–Crippen LogP) is 2.88. The molecule has 1 fully saturated rings. The summed E-state index contributed by atoms with van der Waals surface area (Å²) in [6.07, 6.45) is 6.04. The lowest BCUT2D eigenvalue weighted by molar-refractivity contribution is -0.131. The van der Waals surface area contributed by atoms with E-state index in [1.165, 1.54) is 0 Å². The van der Waals surface area contributed by atoms with E-state index in [-0.39, 0.29) is 17.9 Å². The van der Waals surface area contributed by atoms with Gasteiger partial charge in [-0.15, -0.1) is 0 Å². The molecule has 1 N–H and O–H groups in total. The highest BCUT2D eigenvalue weighted by molar-refractivity contribution is 5.94. The zero-order chi connectivity index (χ0) is 23.5. The number of carbonyl (C=O) groups is 1. The number of likely N-dealkylation sites (tertiary alicyclic amines) is 1. The van der Waals surface area contributed by atoms with Crippen molar-refractivity contribution < 1.29 is 4.79 Å². The Morgan fingerprint density at radius 3 is 2.30 bits per heavy atom. The third-order valence-electron chi connectivity index (χ3n) is 6.87. The van der Waals surface area contributed by atoms with Crippen molar-refractivity contribution in [3.63, 3.8) is 0 Å². The normalized spacial score (nSPS) is 21.5. The molecule has 2 aliphatic rings. The Kier molecular flexibility index (Phi) is 6.66.